The third-order valence-corrected chi connectivity index (χ3v) is 6.03. The monoisotopic (exact) mass is 498 g/mol. The minimum absolute atomic E-state index is 0.306. The van der Waals surface area contributed by atoms with E-state index in [1.54, 1.807) is 42.2 Å². The van der Waals surface area contributed by atoms with Crippen molar-refractivity contribution >= 4 is 34.6 Å². The van der Waals surface area contributed by atoms with Crippen LogP contribution in [0.3, 0.4) is 0 Å². The highest BCUT2D eigenvalue weighted by Gasteiger charge is 2.15. The van der Waals surface area contributed by atoms with Gasteiger partial charge in [-0.15, -0.1) is 0 Å². The Bertz CT molecular complexity index is 1580. The molecule has 3 aromatic heterocycles. The maximum absolute atomic E-state index is 13.2. The van der Waals surface area contributed by atoms with Crippen molar-refractivity contribution in [1.29, 1.82) is 0 Å². The van der Waals surface area contributed by atoms with Crippen molar-refractivity contribution in [1.82, 2.24) is 25.2 Å². The summed E-state index contributed by atoms with van der Waals surface area (Å²) in [6, 6.07) is 19.0. The van der Waals surface area contributed by atoms with Gasteiger partial charge in [-0.2, -0.15) is 10.2 Å². The van der Waals surface area contributed by atoms with E-state index in [-0.39, 0.29) is 11.7 Å². The summed E-state index contributed by atoms with van der Waals surface area (Å²) in [6.45, 7) is 2.17. The average Bonchev–Trinajstić information content (AvgIpc) is 3.17. The maximum atomic E-state index is 13.2. The molecular weight excluding hydrogens is 479 g/mol. The lowest BCUT2D eigenvalue weighted by Crippen LogP contribution is -2.18. The Morgan fingerprint density at radius 1 is 1.14 bits per heavy atom. The number of hydrogen-bond acceptors (Lipinski definition) is 5. The fraction of sp³-hybridized carbons (Fsp3) is 0.0741. The third-order valence-electron chi connectivity index (χ3n) is 5.63. The van der Waals surface area contributed by atoms with Crippen molar-refractivity contribution in [2.24, 2.45) is 5.10 Å². The van der Waals surface area contributed by atoms with Gasteiger partial charge in [-0.25, -0.2) is 19.5 Å². The highest BCUT2D eigenvalue weighted by Crippen LogP contribution is 2.24. The van der Waals surface area contributed by atoms with E-state index in [2.05, 4.69) is 25.6 Å². The summed E-state index contributed by atoms with van der Waals surface area (Å²) in [5, 5.41) is 9.65. The summed E-state index contributed by atoms with van der Waals surface area (Å²) in [7, 11) is 0. The number of hydrazone groups is 1. The molecule has 178 valence electrons. The van der Waals surface area contributed by atoms with Crippen LogP contribution in [0.2, 0.25) is 5.15 Å². The highest BCUT2D eigenvalue weighted by atomic mass is 35.5. The van der Waals surface area contributed by atoms with E-state index in [0.29, 0.717) is 45.1 Å². The molecule has 0 radical (unpaired) electrons. The van der Waals surface area contributed by atoms with Crippen molar-refractivity contribution in [2.45, 2.75) is 13.5 Å². The predicted octanol–water partition coefficient (Wildman–Crippen LogP) is 5.41. The first-order valence-electron chi connectivity index (χ1n) is 11.1. The minimum atomic E-state index is -0.387. The van der Waals surface area contributed by atoms with Crippen LogP contribution in [0, 0.1) is 12.7 Å². The van der Waals surface area contributed by atoms with Gasteiger partial charge in [0.1, 0.15) is 11.0 Å². The van der Waals surface area contributed by atoms with Crippen LogP contribution in [-0.2, 0) is 6.54 Å². The molecule has 0 unspecified atom stereocenters. The predicted molar refractivity (Wildman–Crippen MR) is 138 cm³/mol. The number of amides is 1. The summed E-state index contributed by atoms with van der Waals surface area (Å²) in [6.07, 6.45) is 4.85. The Kier molecular flexibility index (Phi) is 6.51. The second kappa shape index (κ2) is 10.1. The standard InChI is InChI=1S/C27H20ClFN6O/c1-17-23(26(28)35(34-17)16-18-8-10-20(29)11-9-18)15-31-33-27(36)22-13-25(19-5-4-12-30-14-19)32-24-7-3-2-6-21(22)24/h2-15H,16H2,1H3,(H,33,36). The molecule has 0 aliphatic carbocycles. The Hall–Kier alpha value is -4.43. The van der Waals surface area contributed by atoms with E-state index in [4.69, 9.17) is 11.6 Å². The van der Waals surface area contributed by atoms with Gasteiger partial charge in [0, 0.05) is 23.3 Å². The number of aromatic nitrogens is 4. The van der Waals surface area contributed by atoms with Crippen molar-refractivity contribution in [3.8, 4) is 11.3 Å². The Morgan fingerprint density at radius 2 is 1.94 bits per heavy atom. The number of nitrogens with one attached hydrogen (secondary N) is 1. The topological polar surface area (TPSA) is 85.1 Å². The normalized spacial score (nSPS) is 11.3. The summed E-state index contributed by atoms with van der Waals surface area (Å²) >= 11 is 6.52. The van der Waals surface area contributed by atoms with Gasteiger partial charge < -0.3 is 0 Å². The quantitative estimate of drug-likeness (QED) is 0.251. The van der Waals surface area contributed by atoms with Crippen LogP contribution in [-0.4, -0.2) is 31.9 Å². The summed E-state index contributed by atoms with van der Waals surface area (Å²) in [5.41, 5.74) is 7.23. The molecule has 7 nitrogen and oxygen atoms in total. The molecule has 0 aliphatic rings. The molecule has 0 saturated carbocycles. The van der Waals surface area contributed by atoms with Crippen LogP contribution in [0.1, 0.15) is 27.2 Å². The zero-order valence-electron chi connectivity index (χ0n) is 19.2. The van der Waals surface area contributed by atoms with Gasteiger partial charge in [0.25, 0.3) is 5.91 Å². The van der Waals surface area contributed by atoms with Gasteiger partial charge in [-0.1, -0.05) is 41.9 Å². The first-order valence-corrected chi connectivity index (χ1v) is 11.5. The zero-order valence-corrected chi connectivity index (χ0v) is 19.9. The van der Waals surface area contributed by atoms with Crippen molar-refractivity contribution in [2.75, 3.05) is 0 Å². The maximum Gasteiger partial charge on any atom is 0.272 e. The van der Waals surface area contributed by atoms with Crippen molar-refractivity contribution in [3.63, 3.8) is 0 Å². The lowest BCUT2D eigenvalue weighted by molar-refractivity contribution is 0.0956. The van der Waals surface area contributed by atoms with Crippen LogP contribution < -0.4 is 5.43 Å². The van der Waals surface area contributed by atoms with E-state index < -0.39 is 0 Å². The number of aryl methyl sites for hydroxylation is 1. The minimum Gasteiger partial charge on any atom is -0.267 e. The lowest BCUT2D eigenvalue weighted by atomic mass is 10.0. The van der Waals surface area contributed by atoms with Gasteiger partial charge in [0.05, 0.1) is 40.8 Å². The molecule has 36 heavy (non-hydrogen) atoms. The van der Waals surface area contributed by atoms with Gasteiger partial charge >= 0.3 is 0 Å². The van der Waals surface area contributed by atoms with E-state index in [0.717, 1.165) is 11.1 Å². The number of nitrogens with zero attached hydrogens (tertiary/aromatic N) is 5. The molecule has 0 spiro atoms. The summed E-state index contributed by atoms with van der Waals surface area (Å²) < 4.78 is 14.8. The molecule has 0 bridgehead atoms. The Labute approximate surface area is 211 Å². The van der Waals surface area contributed by atoms with Gasteiger partial charge in [0.2, 0.25) is 0 Å². The van der Waals surface area contributed by atoms with Gasteiger partial charge in [-0.05, 0) is 48.9 Å². The molecule has 0 atom stereocenters. The first kappa shape index (κ1) is 23.3. The van der Waals surface area contributed by atoms with Crippen LogP contribution in [0.5, 0.6) is 0 Å². The average molecular weight is 499 g/mol. The Morgan fingerprint density at radius 3 is 2.72 bits per heavy atom. The molecule has 5 rings (SSSR count). The largest absolute Gasteiger partial charge is 0.272 e. The fourth-order valence-electron chi connectivity index (χ4n) is 3.82. The van der Waals surface area contributed by atoms with E-state index in [1.165, 1.54) is 18.3 Å². The number of halogens is 2. The molecule has 1 N–H and O–H groups in total. The van der Waals surface area contributed by atoms with Crippen LogP contribution >= 0.6 is 11.6 Å². The molecule has 0 fully saturated rings. The highest BCUT2D eigenvalue weighted by molar-refractivity contribution is 6.32. The van der Waals surface area contributed by atoms with Crippen molar-refractivity contribution in [3.05, 3.63) is 112 Å². The zero-order chi connectivity index (χ0) is 25.1. The number of benzene rings is 2. The fourth-order valence-corrected chi connectivity index (χ4v) is 4.11. The summed E-state index contributed by atoms with van der Waals surface area (Å²) in [4.78, 5) is 21.9. The molecule has 9 heteroatoms. The van der Waals surface area contributed by atoms with E-state index in [1.807, 2.05) is 36.4 Å². The van der Waals surface area contributed by atoms with Gasteiger partial charge in [0.15, 0.2) is 0 Å². The number of para-hydroxylation sites is 1. The number of carbonyl (C=O) groups is 1. The molecule has 5 aromatic rings. The van der Waals surface area contributed by atoms with E-state index >= 15 is 0 Å². The molecule has 0 saturated heterocycles. The smallest absolute Gasteiger partial charge is 0.267 e. The second-order valence-corrected chi connectivity index (χ2v) is 8.45. The molecule has 1 amide bonds. The third kappa shape index (κ3) is 4.85. The Balaban J connectivity index is 1.39. The summed E-state index contributed by atoms with van der Waals surface area (Å²) in [5.74, 6) is -0.693. The number of rotatable bonds is 6. The SMILES string of the molecule is Cc1nn(Cc2ccc(F)cc2)c(Cl)c1C=NNC(=O)c1cc(-c2cccnc2)nc2ccccc12. The molecule has 3 heterocycles. The molecule has 2 aromatic carbocycles. The molecule has 0 aliphatic heterocycles. The van der Waals surface area contributed by atoms with Crippen LogP contribution in [0.25, 0.3) is 22.2 Å². The molecular formula is C27H20ClFN6O. The number of carbonyl (C=O) groups excluding carboxylic acids is 1. The number of fused-ring (bicyclic) bond motifs is 1. The number of hydrogen-bond donors (Lipinski definition) is 1. The van der Waals surface area contributed by atoms with Crippen LogP contribution in [0.15, 0.2) is 84.2 Å². The van der Waals surface area contributed by atoms with E-state index in [9.17, 15) is 9.18 Å². The second-order valence-electron chi connectivity index (χ2n) is 8.09. The lowest BCUT2D eigenvalue weighted by Gasteiger charge is -2.08. The first-order chi connectivity index (χ1) is 17.5. The number of pyridine rings is 2. The van der Waals surface area contributed by atoms with Crippen molar-refractivity contribution < 1.29 is 9.18 Å². The van der Waals surface area contributed by atoms with Crippen LogP contribution in [0.4, 0.5) is 4.39 Å². The van der Waals surface area contributed by atoms with Gasteiger partial charge in [-0.3, -0.25) is 9.78 Å².